The Morgan fingerprint density at radius 3 is 2.44 bits per heavy atom. The Bertz CT molecular complexity index is 1180. The Morgan fingerprint density at radius 1 is 1.12 bits per heavy atom. The molecule has 2 aromatic carbocycles. The lowest BCUT2D eigenvalue weighted by Gasteiger charge is -2.33. The molecule has 0 radical (unpaired) electrons. The third-order valence-corrected chi connectivity index (χ3v) is 6.59. The van der Waals surface area contributed by atoms with Gasteiger partial charge in [0.15, 0.2) is 11.7 Å². The first-order chi connectivity index (χ1) is 15.0. The number of benzene rings is 2. The van der Waals surface area contributed by atoms with Crippen molar-refractivity contribution >= 4 is 68.1 Å². The highest BCUT2D eigenvalue weighted by atomic mass is 79.9. The predicted octanol–water partition coefficient (Wildman–Crippen LogP) is 7.52. The summed E-state index contributed by atoms with van der Waals surface area (Å²) >= 11 is 21.4. The molecule has 3 aromatic rings. The Morgan fingerprint density at radius 2 is 1.81 bits per heavy atom. The summed E-state index contributed by atoms with van der Waals surface area (Å²) in [6.07, 6.45) is -4.92. The lowest BCUT2D eigenvalue weighted by atomic mass is 9.97. The molecule has 0 unspecified atom stereocenters. The molecule has 32 heavy (non-hydrogen) atoms. The van der Waals surface area contributed by atoms with Crippen LogP contribution in [0, 0.1) is 0 Å². The molecule has 4 rings (SSSR count). The van der Waals surface area contributed by atoms with Crippen LogP contribution in [0.3, 0.4) is 0 Å². The molecule has 5 nitrogen and oxygen atoms in total. The SMILES string of the molecule is O=C(Nc1ccc(Cl)c(Cl)c1)c1nn2c(c1Cl)N[C@H](c1ccc(Br)cc1)C[C@H]2C(F)(F)F. The molecule has 1 aliphatic rings. The molecular formula is C20H13BrCl3F3N4O. The van der Waals surface area contributed by atoms with Crippen LogP contribution in [-0.4, -0.2) is 21.9 Å². The lowest BCUT2D eigenvalue weighted by Crippen LogP contribution is -2.35. The zero-order valence-corrected chi connectivity index (χ0v) is 19.7. The molecule has 0 saturated heterocycles. The van der Waals surface area contributed by atoms with Crippen molar-refractivity contribution < 1.29 is 18.0 Å². The van der Waals surface area contributed by atoms with E-state index < -0.39 is 24.2 Å². The molecule has 1 aromatic heterocycles. The number of fused-ring (bicyclic) bond motifs is 1. The van der Waals surface area contributed by atoms with Crippen molar-refractivity contribution in [3.05, 3.63) is 73.3 Å². The molecule has 0 bridgehead atoms. The molecule has 168 valence electrons. The molecule has 2 atom stereocenters. The number of alkyl halides is 3. The van der Waals surface area contributed by atoms with E-state index in [-0.39, 0.29) is 33.0 Å². The number of rotatable bonds is 3. The highest BCUT2D eigenvalue weighted by Crippen LogP contribution is 2.46. The highest BCUT2D eigenvalue weighted by Gasteiger charge is 2.47. The molecule has 0 aliphatic carbocycles. The Hall–Kier alpha value is -1.94. The third kappa shape index (κ3) is 4.57. The van der Waals surface area contributed by atoms with E-state index in [1.54, 1.807) is 24.3 Å². The van der Waals surface area contributed by atoms with Gasteiger partial charge in [-0.1, -0.05) is 62.9 Å². The van der Waals surface area contributed by atoms with Crippen LogP contribution in [0.2, 0.25) is 15.1 Å². The number of carbonyl (C=O) groups is 1. The summed E-state index contributed by atoms with van der Waals surface area (Å²) in [5.41, 5.74) is 0.596. The smallest absolute Gasteiger partial charge is 0.362 e. The Labute approximate surface area is 204 Å². The number of nitrogens with zero attached hydrogens (tertiary/aromatic N) is 2. The van der Waals surface area contributed by atoms with Crippen LogP contribution in [0.25, 0.3) is 0 Å². The second kappa shape index (κ2) is 8.78. The van der Waals surface area contributed by atoms with Gasteiger partial charge < -0.3 is 10.6 Å². The zero-order chi connectivity index (χ0) is 23.2. The topological polar surface area (TPSA) is 59.0 Å². The van der Waals surface area contributed by atoms with E-state index in [1.165, 1.54) is 18.2 Å². The summed E-state index contributed by atoms with van der Waals surface area (Å²) in [7, 11) is 0. The van der Waals surface area contributed by atoms with E-state index >= 15 is 0 Å². The second-order valence-corrected chi connectivity index (χ2v) is 9.19. The number of hydrogen-bond donors (Lipinski definition) is 2. The Balaban J connectivity index is 1.69. The van der Waals surface area contributed by atoms with Gasteiger partial charge in [-0.15, -0.1) is 0 Å². The predicted molar refractivity (Wildman–Crippen MR) is 122 cm³/mol. The average Bonchev–Trinajstić information content (AvgIpc) is 3.06. The number of amides is 1. The largest absolute Gasteiger partial charge is 0.410 e. The number of hydrogen-bond acceptors (Lipinski definition) is 3. The van der Waals surface area contributed by atoms with Gasteiger partial charge in [-0.2, -0.15) is 18.3 Å². The van der Waals surface area contributed by atoms with Crippen LogP contribution in [0.5, 0.6) is 0 Å². The van der Waals surface area contributed by atoms with Gasteiger partial charge in [-0.25, -0.2) is 4.68 Å². The molecule has 12 heteroatoms. The van der Waals surface area contributed by atoms with Gasteiger partial charge >= 0.3 is 6.18 Å². The van der Waals surface area contributed by atoms with E-state index in [1.807, 2.05) is 0 Å². The van der Waals surface area contributed by atoms with Gasteiger partial charge in [0.1, 0.15) is 10.8 Å². The zero-order valence-electron chi connectivity index (χ0n) is 15.9. The van der Waals surface area contributed by atoms with Crippen molar-refractivity contribution in [3.63, 3.8) is 0 Å². The van der Waals surface area contributed by atoms with Crippen molar-refractivity contribution in [3.8, 4) is 0 Å². The fraction of sp³-hybridized carbons (Fsp3) is 0.200. The molecule has 2 N–H and O–H groups in total. The number of anilines is 2. The minimum atomic E-state index is -4.60. The van der Waals surface area contributed by atoms with Gasteiger partial charge in [0.05, 0.1) is 16.1 Å². The van der Waals surface area contributed by atoms with Gasteiger partial charge in [-0.3, -0.25) is 4.79 Å². The van der Waals surface area contributed by atoms with Gasteiger partial charge in [0.2, 0.25) is 0 Å². The lowest BCUT2D eigenvalue weighted by molar-refractivity contribution is -0.173. The van der Waals surface area contributed by atoms with Crippen molar-refractivity contribution in [1.82, 2.24) is 9.78 Å². The monoisotopic (exact) mass is 566 g/mol. The first kappa shape index (κ1) is 23.2. The van der Waals surface area contributed by atoms with Crippen LogP contribution in [0.1, 0.15) is 34.6 Å². The number of halogens is 7. The normalized spacial score (nSPS) is 18.1. The molecule has 0 spiro atoms. The maximum Gasteiger partial charge on any atom is 0.410 e. The fourth-order valence-corrected chi connectivity index (χ4v) is 4.24. The van der Waals surface area contributed by atoms with Crippen molar-refractivity contribution in [1.29, 1.82) is 0 Å². The van der Waals surface area contributed by atoms with E-state index in [4.69, 9.17) is 34.8 Å². The van der Waals surface area contributed by atoms with E-state index in [0.29, 0.717) is 11.3 Å². The first-order valence-electron chi connectivity index (χ1n) is 9.17. The minimum absolute atomic E-state index is 0.0764. The summed E-state index contributed by atoms with van der Waals surface area (Å²) < 4.78 is 43.2. The maximum atomic E-state index is 13.9. The Kier molecular flexibility index (Phi) is 6.37. The average molecular weight is 569 g/mol. The summed E-state index contributed by atoms with van der Waals surface area (Å²) in [6.45, 7) is 0. The summed E-state index contributed by atoms with van der Waals surface area (Å²) in [5.74, 6) is -0.856. The van der Waals surface area contributed by atoms with Crippen molar-refractivity contribution in [2.24, 2.45) is 0 Å². The number of nitrogens with one attached hydrogen (secondary N) is 2. The number of carbonyl (C=O) groups excluding carboxylic acids is 1. The molecule has 2 heterocycles. The van der Waals surface area contributed by atoms with Crippen LogP contribution in [-0.2, 0) is 0 Å². The van der Waals surface area contributed by atoms with Crippen molar-refractivity contribution in [2.45, 2.75) is 24.7 Å². The quantitative estimate of drug-likeness (QED) is 0.344. The summed E-state index contributed by atoms with van der Waals surface area (Å²) in [5, 5.41) is 9.70. The standard InChI is InChI=1S/C20H13BrCl3F3N4O/c21-10-3-1-9(2-4-10)14-8-15(20(25,26)27)31-18(29-14)16(24)17(30-31)19(32)28-11-5-6-12(22)13(23)7-11/h1-7,14-15,29H,8H2,(H,28,32)/t14-,15-/m0/s1. The first-order valence-corrected chi connectivity index (χ1v) is 11.1. The second-order valence-electron chi connectivity index (χ2n) is 7.08. The van der Waals surface area contributed by atoms with Gasteiger partial charge in [0.25, 0.3) is 5.91 Å². The molecule has 0 fully saturated rings. The van der Waals surface area contributed by atoms with E-state index in [2.05, 4.69) is 31.7 Å². The van der Waals surface area contributed by atoms with Gasteiger partial charge in [-0.05, 0) is 35.9 Å². The summed E-state index contributed by atoms with van der Waals surface area (Å²) in [4.78, 5) is 12.7. The molecule has 1 aliphatic heterocycles. The van der Waals surface area contributed by atoms with Crippen LogP contribution < -0.4 is 10.6 Å². The molecule has 1 amide bonds. The summed E-state index contributed by atoms with van der Waals surface area (Å²) in [6, 6.07) is 8.65. The fourth-order valence-electron chi connectivity index (χ4n) is 3.41. The molecule has 0 saturated carbocycles. The van der Waals surface area contributed by atoms with Crippen LogP contribution in [0.4, 0.5) is 24.7 Å². The van der Waals surface area contributed by atoms with E-state index in [9.17, 15) is 18.0 Å². The van der Waals surface area contributed by atoms with Crippen molar-refractivity contribution in [2.75, 3.05) is 10.6 Å². The molecular weight excluding hydrogens is 556 g/mol. The third-order valence-electron chi connectivity index (χ3n) is 4.96. The highest BCUT2D eigenvalue weighted by molar-refractivity contribution is 9.10. The van der Waals surface area contributed by atoms with Crippen LogP contribution in [0.15, 0.2) is 46.9 Å². The maximum absolute atomic E-state index is 13.9. The van der Waals surface area contributed by atoms with Crippen LogP contribution >= 0.6 is 50.7 Å². The number of aromatic nitrogens is 2. The van der Waals surface area contributed by atoms with E-state index in [0.717, 1.165) is 9.15 Å². The van der Waals surface area contributed by atoms with Gasteiger partial charge in [0, 0.05) is 16.6 Å². The minimum Gasteiger partial charge on any atom is -0.362 e.